The van der Waals surface area contributed by atoms with Gasteiger partial charge in [-0.1, -0.05) is 56.5 Å². The van der Waals surface area contributed by atoms with Crippen molar-refractivity contribution in [2.24, 2.45) is 0 Å². The highest BCUT2D eigenvalue weighted by atomic mass is 19.2. The van der Waals surface area contributed by atoms with Crippen LogP contribution in [-0.4, -0.2) is 51.4 Å². The third-order valence-corrected chi connectivity index (χ3v) is 6.83. The van der Waals surface area contributed by atoms with Crippen LogP contribution in [0.2, 0.25) is 0 Å². The molecule has 4 rings (SSSR count). The Morgan fingerprint density at radius 3 is 2.53 bits per heavy atom. The summed E-state index contributed by atoms with van der Waals surface area (Å²) in [6.45, 7) is 6.57. The highest BCUT2D eigenvalue weighted by molar-refractivity contribution is 5.94. The van der Waals surface area contributed by atoms with Gasteiger partial charge in [0.15, 0.2) is 11.6 Å². The molecule has 5 nitrogen and oxygen atoms in total. The molecule has 0 atom stereocenters. The average molecular weight is 495 g/mol. The first-order valence-corrected chi connectivity index (χ1v) is 13.1. The Hall–Kier alpha value is -3.06. The largest absolute Gasteiger partial charge is 0.331 e. The number of unbranched alkanes of at least 4 members (excludes halogenated alkanes) is 1. The monoisotopic (exact) mass is 494 g/mol. The zero-order valence-electron chi connectivity index (χ0n) is 21.1. The highest BCUT2D eigenvalue weighted by Gasteiger charge is 2.23. The normalized spacial score (nSPS) is 15.0. The van der Waals surface area contributed by atoms with Crippen molar-refractivity contribution in [2.75, 3.05) is 26.2 Å². The lowest BCUT2D eigenvalue weighted by molar-refractivity contribution is 0.0729. The summed E-state index contributed by atoms with van der Waals surface area (Å²) >= 11 is 0. The molecule has 7 heteroatoms. The number of nitrogens with zero attached hydrogens (tertiary/aromatic N) is 4. The first kappa shape index (κ1) is 26.0. The molecule has 1 fully saturated rings. The molecule has 1 amide bonds. The van der Waals surface area contributed by atoms with Crippen LogP contribution in [0.4, 0.5) is 8.78 Å². The lowest BCUT2D eigenvalue weighted by Gasteiger charge is -2.23. The number of imidazole rings is 1. The van der Waals surface area contributed by atoms with Crippen LogP contribution < -0.4 is 0 Å². The summed E-state index contributed by atoms with van der Waals surface area (Å²) < 4.78 is 30.4. The molecule has 0 aliphatic carbocycles. The smallest absolute Gasteiger partial charge is 0.257 e. The van der Waals surface area contributed by atoms with E-state index < -0.39 is 17.5 Å². The van der Waals surface area contributed by atoms with E-state index in [0.29, 0.717) is 13.1 Å². The first-order chi connectivity index (χ1) is 17.6. The van der Waals surface area contributed by atoms with Crippen molar-refractivity contribution in [2.45, 2.75) is 58.5 Å². The summed E-state index contributed by atoms with van der Waals surface area (Å²) in [6.07, 6.45) is 11.2. The van der Waals surface area contributed by atoms with E-state index in [9.17, 15) is 13.6 Å². The highest BCUT2D eigenvalue weighted by Crippen LogP contribution is 2.20. The number of benzene rings is 2. The Labute approximate surface area is 212 Å². The zero-order valence-corrected chi connectivity index (χ0v) is 21.1. The van der Waals surface area contributed by atoms with Crippen molar-refractivity contribution in [3.8, 4) is 0 Å². The number of likely N-dealkylation sites (tertiary alicyclic amines) is 1. The number of hydrogen-bond donors (Lipinski definition) is 0. The number of carbonyl (C=O) groups excluding carboxylic acids is 1. The molecule has 36 heavy (non-hydrogen) atoms. The quantitative estimate of drug-likeness (QED) is 0.316. The molecular formula is C29H36F2N4O. The standard InChI is InChI=1S/C29H36F2N4O/c1-2-3-20-34(29(36)23-13-12-14-24(30)28(23)31)22-27-32-25-15-6-7-16-26(25)35(27)21-11-10-19-33-17-8-4-5-9-18-33/h6-7,10-16H,2-5,8-9,17-22H2,1H3/b11-10-. The Morgan fingerprint density at radius 1 is 1.00 bits per heavy atom. The van der Waals surface area contributed by atoms with Crippen molar-refractivity contribution in [3.63, 3.8) is 0 Å². The molecular weight excluding hydrogens is 458 g/mol. The minimum Gasteiger partial charge on any atom is -0.331 e. The van der Waals surface area contributed by atoms with Gasteiger partial charge in [0.25, 0.3) is 5.91 Å². The lowest BCUT2D eigenvalue weighted by Crippen LogP contribution is -2.33. The van der Waals surface area contributed by atoms with Gasteiger partial charge in [-0.05, 0) is 56.6 Å². The van der Waals surface area contributed by atoms with Crippen LogP contribution in [0.15, 0.2) is 54.6 Å². The van der Waals surface area contributed by atoms with Gasteiger partial charge in [-0.25, -0.2) is 13.8 Å². The van der Waals surface area contributed by atoms with Crippen LogP contribution in [0.5, 0.6) is 0 Å². The molecule has 2 aromatic carbocycles. The Balaban J connectivity index is 1.56. The fraction of sp³-hybridized carbons (Fsp3) is 0.448. The molecule has 1 saturated heterocycles. The number of rotatable bonds is 10. The number of amides is 1. The van der Waals surface area contributed by atoms with E-state index in [2.05, 4.69) is 21.6 Å². The van der Waals surface area contributed by atoms with Crippen LogP contribution in [0, 0.1) is 11.6 Å². The predicted octanol–water partition coefficient (Wildman–Crippen LogP) is 6.19. The van der Waals surface area contributed by atoms with Crippen molar-refractivity contribution < 1.29 is 13.6 Å². The second-order valence-electron chi connectivity index (χ2n) is 9.50. The molecule has 1 aliphatic rings. The molecule has 0 saturated carbocycles. The molecule has 192 valence electrons. The summed E-state index contributed by atoms with van der Waals surface area (Å²) in [5.74, 6) is -1.90. The minimum absolute atomic E-state index is 0.226. The van der Waals surface area contributed by atoms with Crippen LogP contribution in [0.3, 0.4) is 0 Å². The maximum Gasteiger partial charge on any atom is 0.257 e. The van der Waals surface area contributed by atoms with Crippen LogP contribution >= 0.6 is 0 Å². The Bertz CT molecular complexity index is 1180. The van der Waals surface area contributed by atoms with Gasteiger partial charge in [0, 0.05) is 19.6 Å². The van der Waals surface area contributed by atoms with E-state index in [1.165, 1.54) is 37.8 Å². The molecule has 3 aromatic rings. The van der Waals surface area contributed by atoms with Gasteiger partial charge in [0.2, 0.25) is 0 Å². The Kier molecular flexibility index (Phi) is 9.23. The number of aromatic nitrogens is 2. The molecule has 0 spiro atoms. The molecule has 0 radical (unpaired) electrons. The maximum absolute atomic E-state index is 14.4. The van der Waals surface area contributed by atoms with Gasteiger partial charge in [-0.15, -0.1) is 0 Å². The maximum atomic E-state index is 14.4. The van der Waals surface area contributed by atoms with Gasteiger partial charge in [-0.2, -0.15) is 0 Å². The number of para-hydroxylation sites is 2. The van der Waals surface area contributed by atoms with Gasteiger partial charge in [0.05, 0.1) is 23.1 Å². The Morgan fingerprint density at radius 2 is 1.75 bits per heavy atom. The molecule has 0 N–H and O–H groups in total. The molecule has 1 aliphatic heterocycles. The lowest BCUT2D eigenvalue weighted by atomic mass is 10.1. The first-order valence-electron chi connectivity index (χ1n) is 13.1. The fourth-order valence-electron chi connectivity index (χ4n) is 4.78. The SMILES string of the molecule is CCCCN(Cc1nc2ccccc2n1C/C=C\CN1CCCCCC1)C(=O)c1cccc(F)c1F. The number of fused-ring (bicyclic) bond motifs is 1. The average Bonchev–Trinajstić information content (AvgIpc) is 3.03. The third kappa shape index (κ3) is 6.38. The van der Waals surface area contributed by atoms with Crippen LogP contribution in [0.1, 0.15) is 61.6 Å². The van der Waals surface area contributed by atoms with E-state index in [4.69, 9.17) is 4.98 Å². The summed E-state index contributed by atoms with van der Waals surface area (Å²) in [5.41, 5.74) is 1.60. The number of halogens is 2. The molecule has 1 aromatic heterocycles. The van der Waals surface area contributed by atoms with Gasteiger partial charge in [-0.3, -0.25) is 9.69 Å². The summed E-state index contributed by atoms with van der Waals surface area (Å²) in [7, 11) is 0. The van der Waals surface area contributed by atoms with E-state index in [1.54, 1.807) is 4.90 Å². The topological polar surface area (TPSA) is 41.4 Å². The van der Waals surface area contributed by atoms with Crippen molar-refractivity contribution in [3.05, 3.63) is 77.6 Å². The van der Waals surface area contributed by atoms with Crippen LogP contribution in [-0.2, 0) is 13.1 Å². The van der Waals surface area contributed by atoms with Gasteiger partial charge >= 0.3 is 0 Å². The second-order valence-corrected chi connectivity index (χ2v) is 9.50. The zero-order chi connectivity index (χ0) is 25.3. The van der Waals surface area contributed by atoms with E-state index >= 15 is 0 Å². The fourth-order valence-corrected chi connectivity index (χ4v) is 4.78. The number of allylic oxidation sites excluding steroid dienone is 1. The molecule has 2 heterocycles. The third-order valence-electron chi connectivity index (χ3n) is 6.83. The minimum atomic E-state index is -1.10. The van der Waals surface area contributed by atoms with Crippen molar-refractivity contribution in [1.29, 1.82) is 0 Å². The second kappa shape index (κ2) is 12.8. The number of hydrogen-bond acceptors (Lipinski definition) is 3. The van der Waals surface area contributed by atoms with Crippen molar-refractivity contribution in [1.82, 2.24) is 19.4 Å². The van der Waals surface area contributed by atoms with Gasteiger partial charge in [0.1, 0.15) is 5.82 Å². The van der Waals surface area contributed by atoms with Gasteiger partial charge < -0.3 is 9.47 Å². The predicted molar refractivity (Wildman–Crippen MR) is 140 cm³/mol. The summed E-state index contributed by atoms with van der Waals surface area (Å²) in [4.78, 5) is 22.2. The van der Waals surface area contributed by atoms with E-state index in [0.717, 1.165) is 55.4 Å². The number of carbonyl (C=O) groups is 1. The molecule has 0 unspecified atom stereocenters. The van der Waals surface area contributed by atoms with Crippen molar-refractivity contribution >= 4 is 16.9 Å². The van der Waals surface area contributed by atoms with Crippen LogP contribution in [0.25, 0.3) is 11.0 Å². The summed E-state index contributed by atoms with van der Waals surface area (Å²) in [6, 6.07) is 11.6. The summed E-state index contributed by atoms with van der Waals surface area (Å²) in [5, 5.41) is 0. The van der Waals surface area contributed by atoms with E-state index in [1.807, 2.05) is 31.2 Å². The van der Waals surface area contributed by atoms with E-state index in [-0.39, 0.29) is 12.1 Å². The molecule has 0 bridgehead atoms.